The second kappa shape index (κ2) is 37.9. The summed E-state index contributed by atoms with van der Waals surface area (Å²) in [4.78, 5) is 91.3. The van der Waals surface area contributed by atoms with E-state index < -0.39 is 82.5 Å². The number of alkyl halides is 9. The van der Waals surface area contributed by atoms with Crippen molar-refractivity contribution in [1.29, 1.82) is 0 Å². The molecule has 550 valence electrons. The average Bonchev–Trinajstić information content (AvgIpc) is 0.779. The topological polar surface area (TPSA) is 266 Å². The van der Waals surface area contributed by atoms with Crippen molar-refractivity contribution in [2.45, 2.75) is 71.9 Å². The van der Waals surface area contributed by atoms with E-state index in [9.17, 15) is 111 Å². The highest BCUT2D eigenvalue weighted by Gasteiger charge is 2.43. The first-order valence-corrected chi connectivity index (χ1v) is 31.5. The zero-order chi connectivity index (χ0) is 78.3. The quantitative estimate of drug-likeness (QED) is 0.0262. The van der Waals surface area contributed by atoms with Crippen molar-refractivity contribution in [3.8, 4) is 0 Å². The molecule has 0 saturated carbocycles. The van der Waals surface area contributed by atoms with Gasteiger partial charge in [-0.25, -0.2) is 32.3 Å². The molecule has 0 fully saturated rings. The molecule has 0 saturated heterocycles. The molecule has 0 spiro atoms. The van der Waals surface area contributed by atoms with Crippen molar-refractivity contribution < 1.29 is 111 Å². The van der Waals surface area contributed by atoms with E-state index in [0.717, 1.165) is 36.4 Å². The molecule has 8 N–H and O–H groups in total. The third-order valence-electron chi connectivity index (χ3n) is 14.2. The molecular weight excluding hydrogens is 1450 g/mol. The fourth-order valence-electron chi connectivity index (χ4n) is 8.74. The summed E-state index contributed by atoms with van der Waals surface area (Å²) in [5.41, 5.74) is -1.09. The highest BCUT2D eigenvalue weighted by molar-refractivity contribution is 6.32. The number of hydrogen-bond donors (Lipinski definition) is 8. The van der Waals surface area contributed by atoms with Gasteiger partial charge in [-0.1, -0.05) is 148 Å². The van der Waals surface area contributed by atoms with E-state index in [1.165, 1.54) is 103 Å². The number of nitrogens with one attached hydrogen (secondary N) is 4. The molecule has 30 heteroatoms. The monoisotopic (exact) mass is 1510 g/mol. The lowest BCUT2D eigenvalue weighted by Crippen LogP contribution is -2.16. The van der Waals surface area contributed by atoms with Gasteiger partial charge in [0.05, 0.1) is 66.7 Å². The maximum Gasteiger partial charge on any atom is 0.417 e. The Morgan fingerprint density at radius 3 is 0.914 bits per heavy atom. The van der Waals surface area contributed by atoms with Crippen LogP contribution >= 0.6 is 23.2 Å². The summed E-state index contributed by atoms with van der Waals surface area (Å²) in [5, 5.41) is 47.1. The zero-order valence-electron chi connectivity index (χ0n) is 55.1. The Balaban J connectivity index is 0.000000252. The van der Waals surface area contributed by atoms with Crippen LogP contribution in [0.1, 0.15) is 156 Å². The smallest absolute Gasteiger partial charge is 0.417 e. The highest BCUT2D eigenvalue weighted by atomic mass is 35.5. The summed E-state index contributed by atoms with van der Waals surface area (Å²) in [6.45, 7) is 6.56. The van der Waals surface area contributed by atoms with Gasteiger partial charge in [0.15, 0.2) is 11.6 Å². The Hall–Kier alpha value is -11.8. The molecule has 0 aliphatic heterocycles. The molecule has 0 aliphatic rings. The summed E-state index contributed by atoms with van der Waals surface area (Å²) >= 11 is 11.5. The molecule has 0 unspecified atom stereocenters. The SMILES string of the molecule is CCC(=O)Nc1ccc(/C=C/c2ccc(C(F)(F)F)c(C(F)(F)F)c2)cc1C(=O)O.CCC(=O)Nc1ccc(/C=C/c2ccc(C(F)(F)F)cc2Cl)cc1C(=O)O.CCC(=O)Nc1ccc(/C=C/c2ccc(Cl)c(F)c2)cc1C(=O)O.CCC(=O)Nc1ccc(/C=C/c2ccc(F)c(F)c2)cc1C(=O)O. The van der Waals surface area contributed by atoms with E-state index in [1.807, 2.05) is 0 Å². The van der Waals surface area contributed by atoms with E-state index in [-0.39, 0.29) is 110 Å². The summed E-state index contributed by atoms with van der Waals surface area (Å²) in [6.07, 6.45) is -2.26. The second-order valence-corrected chi connectivity index (χ2v) is 22.6. The standard InChI is InChI=1S/C20H15F6NO3.C19H15ClF3NO3.C18H15ClFNO3.C18H15F2NO3/c1-2-17(28)27-16-8-6-11(9-13(16)18(29)30)3-4-12-5-7-14(19(21,22)23)15(10-12)20(24,25)26;1-2-17(25)24-16-8-4-11(9-14(16)18(26)27)3-5-12-6-7-13(10-15(12)20)19(21,22)23;2*1-2-17(22)21-16-8-6-11(9-13(16)18(23)24)3-4-12-5-7-14(19)15(20)10-12/h3-10H,2H2,1H3,(H,27,28)(H,29,30);3-10H,2H2,1H3,(H,24,25)(H,26,27);2*3-10H,2H2,1H3,(H,21,22)(H,23,24)/b4-3+;5-3+;2*4-3+. The van der Waals surface area contributed by atoms with Crippen molar-refractivity contribution in [1.82, 2.24) is 0 Å². The van der Waals surface area contributed by atoms with Gasteiger partial charge in [-0.05, 0) is 142 Å². The lowest BCUT2D eigenvalue weighted by Gasteiger charge is -2.15. The third kappa shape index (κ3) is 25.9. The molecule has 0 aliphatic carbocycles. The van der Waals surface area contributed by atoms with Crippen LogP contribution in [0, 0.1) is 17.5 Å². The number of halogens is 14. The minimum atomic E-state index is -5.20. The maximum absolute atomic E-state index is 13.4. The number of carboxylic acid groups (broad SMARTS) is 4. The molecule has 0 bridgehead atoms. The van der Waals surface area contributed by atoms with E-state index in [1.54, 1.807) is 70.2 Å². The van der Waals surface area contributed by atoms with Gasteiger partial charge in [-0.3, -0.25) is 19.2 Å². The van der Waals surface area contributed by atoms with Crippen LogP contribution in [-0.2, 0) is 37.7 Å². The minimum Gasteiger partial charge on any atom is -0.478 e. The summed E-state index contributed by atoms with van der Waals surface area (Å²) < 4.78 is 155. The van der Waals surface area contributed by atoms with Crippen LogP contribution < -0.4 is 21.3 Å². The molecule has 0 atom stereocenters. The van der Waals surface area contributed by atoms with E-state index in [4.69, 9.17) is 23.2 Å². The Labute approximate surface area is 600 Å². The van der Waals surface area contributed by atoms with Gasteiger partial charge < -0.3 is 41.7 Å². The fraction of sp³-hybridized carbons (Fsp3) is 0.147. The second-order valence-electron chi connectivity index (χ2n) is 21.8. The van der Waals surface area contributed by atoms with Crippen LogP contribution in [0.3, 0.4) is 0 Å². The zero-order valence-corrected chi connectivity index (χ0v) is 56.7. The predicted octanol–water partition coefficient (Wildman–Crippen LogP) is 20.4. The van der Waals surface area contributed by atoms with E-state index in [0.29, 0.717) is 45.5 Å². The molecule has 105 heavy (non-hydrogen) atoms. The number of anilines is 4. The van der Waals surface area contributed by atoms with Crippen molar-refractivity contribution in [3.63, 3.8) is 0 Å². The first-order chi connectivity index (χ1) is 49.2. The van der Waals surface area contributed by atoms with Crippen molar-refractivity contribution in [2.75, 3.05) is 21.3 Å². The van der Waals surface area contributed by atoms with Crippen LogP contribution in [0.2, 0.25) is 10.0 Å². The lowest BCUT2D eigenvalue weighted by atomic mass is 10.0. The maximum atomic E-state index is 13.4. The molecule has 8 aromatic rings. The van der Waals surface area contributed by atoms with Crippen LogP contribution in [0.4, 0.5) is 75.4 Å². The number of aromatic carboxylic acids is 4. The molecule has 8 rings (SSSR count). The molecule has 16 nitrogen and oxygen atoms in total. The summed E-state index contributed by atoms with van der Waals surface area (Å²) in [5.74, 6) is -8.59. The average molecular weight is 1510 g/mol. The number of carbonyl (C=O) groups excluding carboxylic acids is 4. The van der Waals surface area contributed by atoms with Gasteiger partial charge in [-0.15, -0.1) is 0 Å². The van der Waals surface area contributed by atoms with Crippen LogP contribution in [-0.4, -0.2) is 67.9 Å². The number of carbonyl (C=O) groups is 8. The Kier molecular flexibility index (Phi) is 30.3. The largest absolute Gasteiger partial charge is 0.478 e. The normalized spacial score (nSPS) is 11.4. The van der Waals surface area contributed by atoms with Gasteiger partial charge in [0.1, 0.15) is 5.82 Å². The summed E-state index contributed by atoms with van der Waals surface area (Å²) in [7, 11) is 0. The van der Waals surface area contributed by atoms with E-state index >= 15 is 0 Å². The number of benzene rings is 8. The Morgan fingerprint density at radius 1 is 0.324 bits per heavy atom. The minimum absolute atomic E-state index is 0.0127. The van der Waals surface area contributed by atoms with Gasteiger partial charge in [0.2, 0.25) is 23.6 Å². The van der Waals surface area contributed by atoms with Gasteiger partial charge in [-0.2, -0.15) is 39.5 Å². The van der Waals surface area contributed by atoms with Crippen molar-refractivity contribution in [3.05, 3.63) is 257 Å². The third-order valence-corrected chi connectivity index (χ3v) is 14.8. The molecule has 8 aromatic carbocycles. The predicted molar refractivity (Wildman–Crippen MR) is 376 cm³/mol. The molecule has 0 heterocycles. The van der Waals surface area contributed by atoms with Gasteiger partial charge in [0.25, 0.3) is 0 Å². The van der Waals surface area contributed by atoms with Gasteiger partial charge in [0, 0.05) is 30.7 Å². The Bertz CT molecular complexity index is 4570. The van der Waals surface area contributed by atoms with Crippen molar-refractivity contribution >= 4 is 142 Å². The van der Waals surface area contributed by atoms with Crippen molar-refractivity contribution in [2.24, 2.45) is 0 Å². The lowest BCUT2D eigenvalue weighted by molar-refractivity contribution is -0.162. The molecule has 4 amide bonds. The number of rotatable bonds is 20. The van der Waals surface area contributed by atoms with Gasteiger partial charge >= 0.3 is 42.4 Å². The first kappa shape index (κ1) is 83.9. The van der Waals surface area contributed by atoms with Crippen LogP contribution in [0.15, 0.2) is 146 Å². The highest BCUT2D eigenvalue weighted by Crippen LogP contribution is 2.41. The van der Waals surface area contributed by atoms with E-state index in [2.05, 4.69) is 21.3 Å². The number of hydrogen-bond acceptors (Lipinski definition) is 8. The van der Waals surface area contributed by atoms with Crippen LogP contribution in [0.25, 0.3) is 48.6 Å². The summed E-state index contributed by atoms with van der Waals surface area (Å²) in [6, 6.07) is 29.8. The molecule has 0 aromatic heterocycles. The first-order valence-electron chi connectivity index (χ1n) is 30.7. The number of amides is 4. The van der Waals surface area contributed by atoms with Crippen LogP contribution in [0.5, 0.6) is 0 Å². The fourth-order valence-corrected chi connectivity index (χ4v) is 9.10. The molecule has 0 radical (unpaired) electrons. The number of carboxylic acids is 4. The molecular formula is C75H60Cl2F12N4O12. The Morgan fingerprint density at radius 2 is 0.619 bits per heavy atom.